The van der Waals surface area contributed by atoms with Crippen LogP contribution in [-0.4, -0.2) is 30.5 Å². The van der Waals surface area contributed by atoms with Crippen molar-refractivity contribution in [2.45, 2.75) is 39.5 Å². The van der Waals surface area contributed by atoms with Crippen molar-refractivity contribution >= 4 is 11.5 Å². The largest absolute Gasteiger partial charge is 0.365 e. The van der Waals surface area contributed by atoms with Crippen molar-refractivity contribution in [1.29, 1.82) is 0 Å². The predicted octanol–water partition coefficient (Wildman–Crippen LogP) is 5.05. The molecule has 0 bridgehead atoms. The van der Waals surface area contributed by atoms with Gasteiger partial charge in [-0.05, 0) is 41.2 Å². The van der Waals surface area contributed by atoms with Crippen LogP contribution >= 0.6 is 0 Å². The van der Waals surface area contributed by atoms with E-state index in [1.807, 2.05) is 25.9 Å². The Balaban J connectivity index is 2.33. The SMILES string of the molecule is C/C(=N/N=C(/Cc1ccc(C(C)(C)C)cc1)c1ccc(F)cc1)N(C)C. The number of amidine groups is 1. The highest BCUT2D eigenvalue weighted by molar-refractivity contribution is 6.02. The van der Waals surface area contributed by atoms with Gasteiger partial charge in [-0.15, -0.1) is 5.10 Å². The first kappa shape index (κ1) is 19.8. The zero-order valence-electron chi connectivity index (χ0n) is 16.5. The minimum atomic E-state index is -0.254. The van der Waals surface area contributed by atoms with Gasteiger partial charge in [-0.25, -0.2) is 4.39 Å². The minimum absolute atomic E-state index is 0.125. The average Bonchev–Trinajstić information content (AvgIpc) is 2.58. The first-order valence-corrected chi connectivity index (χ1v) is 8.80. The van der Waals surface area contributed by atoms with E-state index in [2.05, 4.69) is 55.2 Å². The average molecular weight is 353 g/mol. The molecule has 0 N–H and O–H groups in total. The second-order valence-electron chi connectivity index (χ2n) is 7.72. The summed E-state index contributed by atoms with van der Waals surface area (Å²) in [5.74, 6) is 0.559. The maximum absolute atomic E-state index is 13.3. The molecule has 4 heteroatoms. The highest BCUT2D eigenvalue weighted by Gasteiger charge is 2.13. The van der Waals surface area contributed by atoms with E-state index in [1.54, 1.807) is 12.1 Å². The van der Waals surface area contributed by atoms with Crippen LogP contribution in [0.15, 0.2) is 58.7 Å². The molecule has 0 aliphatic rings. The first-order valence-electron chi connectivity index (χ1n) is 8.80. The summed E-state index contributed by atoms with van der Waals surface area (Å²) < 4.78 is 13.3. The smallest absolute Gasteiger partial charge is 0.123 e. The Labute approximate surface area is 156 Å². The second kappa shape index (κ2) is 8.26. The Bertz CT molecular complexity index is 780. The molecule has 0 spiro atoms. The lowest BCUT2D eigenvalue weighted by Gasteiger charge is -2.19. The monoisotopic (exact) mass is 353 g/mol. The molecule has 26 heavy (non-hydrogen) atoms. The van der Waals surface area contributed by atoms with E-state index in [9.17, 15) is 4.39 Å². The third-order valence-corrected chi connectivity index (χ3v) is 4.33. The van der Waals surface area contributed by atoms with Crippen LogP contribution in [0.3, 0.4) is 0 Å². The van der Waals surface area contributed by atoms with E-state index >= 15 is 0 Å². The molecular weight excluding hydrogens is 325 g/mol. The van der Waals surface area contributed by atoms with Crippen LogP contribution in [0, 0.1) is 5.82 Å². The van der Waals surface area contributed by atoms with E-state index < -0.39 is 0 Å². The normalized spacial score (nSPS) is 13.0. The molecule has 3 nitrogen and oxygen atoms in total. The van der Waals surface area contributed by atoms with Crippen LogP contribution in [-0.2, 0) is 11.8 Å². The van der Waals surface area contributed by atoms with Gasteiger partial charge in [0.25, 0.3) is 0 Å². The van der Waals surface area contributed by atoms with E-state index in [-0.39, 0.29) is 11.2 Å². The molecule has 2 rings (SSSR count). The van der Waals surface area contributed by atoms with E-state index in [0.29, 0.717) is 6.42 Å². The number of nitrogens with zero attached hydrogens (tertiary/aromatic N) is 3. The van der Waals surface area contributed by atoms with Crippen molar-refractivity contribution in [3.63, 3.8) is 0 Å². The van der Waals surface area contributed by atoms with Gasteiger partial charge in [0.15, 0.2) is 0 Å². The van der Waals surface area contributed by atoms with Gasteiger partial charge in [-0.3, -0.25) is 0 Å². The fourth-order valence-electron chi connectivity index (χ4n) is 2.38. The van der Waals surface area contributed by atoms with Gasteiger partial charge in [-0.2, -0.15) is 5.10 Å². The molecule has 138 valence electrons. The van der Waals surface area contributed by atoms with Gasteiger partial charge >= 0.3 is 0 Å². The number of rotatable bonds is 4. The zero-order valence-corrected chi connectivity index (χ0v) is 16.5. The molecule has 0 amide bonds. The van der Waals surface area contributed by atoms with Crippen molar-refractivity contribution in [2.75, 3.05) is 14.1 Å². The quantitative estimate of drug-likeness (QED) is 0.429. The molecule has 0 aliphatic heterocycles. The number of halogens is 1. The van der Waals surface area contributed by atoms with Crippen LogP contribution in [0.5, 0.6) is 0 Å². The van der Waals surface area contributed by atoms with Crippen LogP contribution in [0.1, 0.15) is 44.4 Å². The topological polar surface area (TPSA) is 28.0 Å². The molecule has 0 unspecified atom stereocenters. The van der Waals surface area contributed by atoms with Crippen LogP contribution < -0.4 is 0 Å². The summed E-state index contributed by atoms with van der Waals surface area (Å²) in [6.07, 6.45) is 0.639. The highest BCUT2D eigenvalue weighted by atomic mass is 19.1. The Hall–Kier alpha value is -2.49. The van der Waals surface area contributed by atoms with Crippen LogP contribution in [0.25, 0.3) is 0 Å². The zero-order chi connectivity index (χ0) is 19.3. The Morgan fingerprint density at radius 2 is 1.50 bits per heavy atom. The maximum atomic E-state index is 13.3. The van der Waals surface area contributed by atoms with Gasteiger partial charge in [0.05, 0.1) is 5.71 Å². The molecule has 0 aromatic heterocycles. The lowest BCUT2D eigenvalue weighted by atomic mass is 9.86. The standard InChI is InChI=1S/C22H28FN3/c1-16(26(5)6)24-25-21(18-9-13-20(23)14-10-18)15-17-7-11-19(12-8-17)22(2,3)4/h7-14H,15H2,1-6H3/b24-16-,25-21-. The van der Waals surface area contributed by atoms with Crippen LogP contribution in [0.2, 0.25) is 0 Å². The lowest BCUT2D eigenvalue weighted by molar-refractivity contribution is 0.590. The molecule has 2 aromatic rings. The summed E-state index contributed by atoms with van der Waals surface area (Å²) in [4.78, 5) is 1.91. The summed E-state index contributed by atoms with van der Waals surface area (Å²) in [5, 5.41) is 8.76. The van der Waals surface area contributed by atoms with Gasteiger partial charge < -0.3 is 4.90 Å². The lowest BCUT2D eigenvalue weighted by Crippen LogP contribution is -2.18. The molecular formula is C22H28FN3. The van der Waals surface area contributed by atoms with E-state index in [4.69, 9.17) is 0 Å². The highest BCUT2D eigenvalue weighted by Crippen LogP contribution is 2.22. The molecule has 0 heterocycles. The molecule has 0 saturated heterocycles. The molecule has 2 aromatic carbocycles. The van der Waals surface area contributed by atoms with Crippen LogP contribution in [0.4, 0.5) is 4.39 Å². The Kier molecular flexibility index (Phi) is 6.30. The van der Waals surface area contributed by atoms with E-state index in [1.165, 1.54) is 17.7 Å². The van der Waals surface area contributed by atoms with Gasteiger partial charge in [0, 0.05) is 20.5 Å². The maximum Gasteiger partial charge on any atom is 0.123 e. The van der Waals surface area contributed by atoms with Gasteiger partial charge in [-0.1, -0.05) is 57.2 Å². The van der Waals surface area contributed by atoms with E-state index in [0.717, 1.165) is 22.7 Å². The molecule has 0 saturated carbocycles. The molecule has 0 fully saturated rings. The summed E-state index contributed by atoms with van der Waals surface area (Å²) in [6, 6.07) is 15.0. The second-order valence-corrected chi connectivity index (χ2v) is 7.72. The predicted molar refractivity (Wildman–Crippen MR) is 109 cm³/mol. The third kappa shape index (κ3) is 5.51. The van der Waals surface area contributed by atoms with Crippen molar-refractivity contribution in [2.24, 2.45) is 10.2 Å². The van der Waals surface area contributed by atoms with Crippen molar-refractivity contribution in [3.8, 4) is 0 Å². The first-order chi connectivity index (χ1) is 12.2. The minimum Gasteiger partial charge on any atom is -0.365 e. The summed E-state index contributed by atoms with van der Waals surface area (Å²) in [7, 11) is 3.86. The molecule has 0 atom stereocenters. The number of hydrogen-bond donors (Lipinski definition) is 0. The van der Waals surface area contributed by atoms with Crippen molar-refractivity contribution in [1.82, 2.24) is 4.90 Å². The fraction of sp³-hybridized carbons (Fsp3) is 0.364. The number of benzene rings is 2. The third-order valence-electron chi connectivity index (χ3n) is 4.33. The Morgan fingerprint density at radius 3 is 2.00 bits per heavy atom. The van der Waals surface area contributed by atoms with Gasteiger partial charge in [0.2, 0.25) is 0 Å². The summed E-state index contributed by atoms with van der Waals surface area (Å²) in [6.45, 7) is 8.51. The van der Waals surface area contributed by atoms with Gasteiger partial charge in [0.1, 0.15) is 11.7 Å². The summed E-state index contributed by atoms with van der Waals surface area (Å²) >= 11 is 0. The van der Waals surface area contributed by atoms with Crippen molar-refractivity contribution in [3.05, 3.63) is 71.0 Å². The number of hydrogen-bond acceptors (Lipinski definition) is 2. The molecule has 0 aliphatic carbocycles. The fourth-order valence-corrected chi connectivity index (χ4v) is 2.38. The van der Waals surface area contributed by atoms with Crippen molar-refractivity contribution < 1.29 is 4.39 Å². The summed E-state index contributed by atoms with van der Waals surface area (Å²) in [5.41, 5.74) is 4.26. The molecule has 0 radical (unpaired) electrons. The Morgan fingerprint density at radius 1 is 0.923 bits per heavy atom.